The van der Waals surface area contributed by atoms with Crippen molar-refractivity contribution in [3.05, 3.63) is 126 Å². The van der Waals surface area contributed by atoms with E-state index in [-0.39, 0.29) is 0 Å². The van der Waals surface area contributed by atoms with Gasteiger partial charge in [-0.15, -0.1) is 10.2 Å². The number of fused-ring (bicyclic) bond motifs is 1. The van der Waals surface area contributed by atoms with Crippen LogP contribution in [0, 0.1) is 24.1 Å². The highest BCUT2D eigenvalue weighted by Gasteiger charge is 2.28. The van der Waals surface area contributed by atoms with Gasteiger partial charge >= 0.3 is 0 Å². The first kappa shape index (κ1) is 29.2. The third-order valence-corrected chi connectivity index (χ3v) is 7.43. The zero-order valence-electron chi connectivity index (χ0n) is 23.9. The smallest absolute Gasteiger partial charge is 0.226 e. The summed E-state index contributed by atoms with van der Waals surface area (Å²) in [5.41, 5.74) is 13.6. The minimum Gasteiger partial charge on any atom is -0.226 e. The molecule has 0 saturated carbocycles. The molecule has 0 aliphatic heterocycles. The molecule has 212 valence electrons. The molecular weight excluding hydrogens is 548 g/mol. The van der Waals surface area contributed by atoms with Crippen LogP contribution in [0.4, 0.5) is 0 Å². The number of benzene rings is 5. The Kier molecular flexibility index (Phi) is 8.27. The van der Waals surface area contributed by atoms with Crippen molar-refractivity contribution < 1.29 is 33.4 Å². The lowest BCUT2D eigenvalue weighted by Crippen LogP contribution is -2.68. The Labute approximate surface area is 247 Å². The van der Waals surface area contributed by atoms with E-state index in [2.05, 4.69) is 152 Å². The highest BCUT2D eigenvalue weighted by atomic mass is 35.7. The van der Waals surface area contributed by atoms with E-state index >= 15 is 0 Å². The molecule has 5 aromatic carbocycles. The molecule has 0 atom stereocenters. The van der Waals surface area contributed by atoms with Crippen LogP contribution < -0.4 is 23.2 Å². The van der Waals surface area contributed by atoms with Gasteiger partial charge in [0.25, 0.3) is 5.82 Å². The van der Waals surface area contributed by atoms with Crippen molar-refractivity contribution in [2.75, 3.05) is 0 Å². The molecule has 1 aromatic heterocycles. The molecule has 0 radical (unpaired) electrons. The first-order valence-electron chi connectivity index (χ1n) is 13.4. The second kappa shape index (κ2) is 11.9. The van der Waals surface area contributed by atoms with Gasteiger partial charge in [-0.1, -0.05) is 102 Å². The van der Waals surface area contributed by atoms with E-state index in [1.54, 1.807) is 0 Å². The summed E-state index contributed by atoms with van der Waals surface area (Å²) in [6, 6.07) is 41.9. The van der Waals surface area contributed by atoms with Crippen LogP contribution in [0.3, 0.4) is 0 Å². The quantitative estimate of drug-likeness (QED) is 0.299. The molecule has 6 nitrogen and oxygen atoms in total. The standard InChI is InChI=1S/C35H31N2.ClHO4/c1-24-14-18-27(19-15-24)30-22-29(26-10-6-5-7-11-26)23-31(28-20-16-25(2)17-21-28)34(30)35-36(3)32-12-8-9-13-33(32)37(35)4;2-1(3,4)5/h5-23H,1-4H3;(H,2,3,4,5)/q+1;/p-1. The van der Waals surface area contributed by atoms with Crippen LogP contribution in [-0.4, -0.2) is 4.57 Å². The van der Waals surface area contributed by atoms with Crippen LogP contribution in [0.2, 0.25) is 0 Å². The Bertz CT molecular complexity index is 1730. The number of hydrogen-bond donors (Lipinski definition) is 0. The normalized spacial score (nSPS) is 11.3. The molecule has 0 amide bonds. The maximum atomic E-state index is 8.49. The molecule has 0 spiro atoms. The van der Waals surface area contributed by atoms with Crippen LogP contribution in [-0.2, 0) is 14.1 Å². The fourth-order valence-electron chi connectivity index (χ4n) is 5.42. The molecule has 1 heterocycles. The maximum absolute atomic E-state index is 8.49. The van der Waals surface area contributed by atoms with Crippen LogP contribution in [0.1, 0.15) is 11.1 Å². The van der Waals surface area contributed by atoms with Gasteiger partial charge in [0, 0.05) is 0 Å². The van der Waals surface area contributed by atoms with Crippen molar-refractivity contribution in [1.29, 1.82) is 0 Å². The second-order valence-electron chi connectivity index (χ2n) is 10.4. The summed E-state index contributed by atoms with van der Waals surface area (Å²) in [5, 5.41) is 0. The summed E-state index contributed by atoms with van der Waals surface area (Å²) in [7, 11) is -0.582. The molecule has 0 saturated heterocycles. The van der Waals surface area contributed by atoms with Gasteiger partial charge in [-0.3, -0.25) is 0 Å². The van der Waals surface area contributed by atoms with Gasteiger partial charge in [0.1, 0.15) is 0 Å². The highest BCUT2D eigenvalue weighted by molar-refractivity contribution is 5.96. The number of rotatable bonds is 4. The molecule has 6 aromatic rings. The second-order valence-corrected chi connectivity index (χ2v) is 11.1. The van der Waals surface area contributed by atoms with E-state index < -0.39 is 10.2 Å². The third kappa shape index (κ3) is 6.29. The first-order valence-corrected chi connectivity index (χ1v) is 14.7. The topological polar surface area (TPSA) is 101 Å². The molecule has 0 aliphatic carbocycles. The number of hydrogen-bond acceptors (Lipinski definition) is 4. The van der Waals surface area contributed by atoms with E-state index in [1.807, 2.05) is 0 Å². The minimum atomic E-state index is -4.94. The van der Waals surface area contributed by atoms with E-state index in [0.29, 0.717) is 0 Å². The Morgan fingerprint density at radius 1 is 0.571 bits per heavy atom. The number of halogens is 1. The molecule has 0 fully saturated rings. The number of aromatic nitrogens is 2. The average Bonchev–Trinajstić information content (AvgIpc) is 3.22. The zero-order chi connectivity index (χ0) is 30.0. The van der Waals surface area contributed by atoms with Gasteiger partial charge in [0.2, 0.25) is 0 Å². The van der Waals surface area contributed by atoms with Crippen LogP contribution >= 0.6 is 0 Å². The Hall–Kier alpha value is -4.30. The highest BCUT2D eigenvalue weighted by Crippen LogP contribution is 2.43. The van der Waals surface area contributed by atoms with Crippen molar-refractivity contribution in [2.24, 2.45) is 14.1 Å². The predicted octanol–water partition coefficient (Wildman–Crippen LogP) is 3.53. The number of aryl methyl sites for hydroxylation is 4. The monoisotopic (exact) mass is 578 g/mol. The van der Waals surface area contributed by atoms with Crippen LogP contribution in [0.5, 0.6) is 0 Å². The fraction of sp³-hybridized carbons (Fsp3) is 0.114. The lowest BCUT2D eigenvalue weighted by Gasteiger charge is -2.17. The van der Waals surface area contributed by atoms with Crippen molar-refractivity contribution >= 4 is 11.0 Å². The zero-order valence-corrected chi connectivity index (χ0v) is 24.6. The fourth-order valence-corrected chi connectivity index (χ4v) is 5.42. The predicted molar refractivity (Wildman–Crippen MR) is 155 cm³/mol. The van der Waals surface area contributed by atoms with Gasteiger partial charge < -0.3 is 0 Å². The van der Waals surface area contributed by atoms with Gasteiger partial charge in [-0.25, -0.2) is 27.8 Å². The van der Waals surface area contributed by atoms with Gasteiger partial charge in [-0.05, 0) is 71.5 Å². The van der Waals surface area contributed by atoms with E-state index in [0.717, 1.165) is 0 Å². The molecule has 0 aliphatic rings. The van der Waals surface area contributed by atoms with Crippen molar-refractivity contribution in [3.63, 3.8) is 0 Å². The molecular formula is C35H31ClN2O4. The van der Waals surface area contributed by atoms with Gasteiger partial charge in [0.15, 0.2) is 11.0 Å². The summed E-state index contributed by atoms with van der Waals surface area (Å²) in [6.45, 7) is 4.29. The van der Waals surface area contributed by atoms with Gasteiger partial charge in [0.05, 0.1) is 19.7 Å². The van der Waals surface area contributed by atoms with Gasteiger partial charge in [-0.2, -0.15) is 0 Å². The molecule has 0 bridgehead atoms. The SMILES string of the molecule is Cc1ccc(-c2cc(-c3ccccc3)cc(-c3ccc(C)cc3)c2-c2n(C)c3ccccc3[n+]2C)cc1.[O-][Cl+3]([O-])([O-])[O-]. The third-order valence-electron chi connectivity index (χ3n) is 7.43. The van der Waals surface area contributed by atoms with Crippen molar-refractivity contribution in [2.45, 2.75) is 13.8 Å². The Balaban J connectivity index is 0.000000652. The summed E-state index contributed by atoms with van der Waals surface area (Å²) < 4.78 is 38.6. The largest absolute Gasteiger partial charge is 0.290 e. The van der Waals surface area contributed by atoms with E-state index in [9.17, 15) is 0 Å². The lowest BCUT2D eigenvalue weighted by atomic mass is 9.87. The summed E-state index contributed by atoms with van der Waals surface area (Å²) in [6.07, 6.45) is 0. The number of para-hydroxylation sites is 2. The number of imidazole rings is 1. The van der Waals surface area contributed by atoms with Crippen molar-refractivity contribution in [3.8, 4) is 44.8 Å². The Morgan fingerprint density at radius 3 is 1.50 bits per heavy atom. The van der Waals surface area contributed by atoms with E-state index in [4.69, 9.17) is 18.6 Å². The van der Waals surface area contributed by atoms with Crippen molar-refractivity contribution in [1.82, 2.24) is 4.57 Å². The average molecular weight is 579 g/mol. The molecule has 7 heteroatoms. The lowest BCUT2D eigenvalue weighted by molar-refractivity contribution is -2.00. The maximum Gasteiger partial charge on any atom is 0.290 e. The van der Waals surface area contributed by atoms with Crippen LogP contribution in [0.25, 0.3) is 55.8 Å². The number of nitrogens with zero attached hydrogens (tertiary/aromatic N) is 2. The first-order chi connectivity index (χ1) is 20.0. The molecule has 6 rings (SSSR count). The summed E-state index contributed by atoms with van der Waals surface area (Å²) >= 11 is 0. The Morgan fingerprint density at radius 2 is 1.02 bits per heavy atom. The molecule has 0 N–H and O–H groups in total. The van der Waals surface area contributed by atoms with Crippen LogP contribution in [0.15, 0.2) is 115 Å². The van der Waals surface area contributed by atoms with E-state index in [1.165, 1.54) is 66.9 Å². The molecule has 42 heavy (non-hydrogen) atoms. The molecule has 0 unspecified atom stereocenters. The summed E-state index contributed by atoms with van der Waals surface area (Å²) in [4.78, 5) is 0. The minimum absolute atomic E-state index is 1.19. The summed E-state index contributed by atoms with van der Waals surface area (Å²) in [5.74, 6) is 1.19.